The first kappa shape index (κ1) is 11.9. The van der Waals surface area contributed by atoms with E-state index in [0.717, 1.165) is 11.3 Å². The minimum Gasteiger partial charge on any atom is -0.439 e. The van der Waals surface area contributed by atoms with E-state index in [4.69, 9.17) is 16.3 Å². The molecule has 0 fully saturated rings. The summed E-state index contributed by atoms with van der Waals surface area (Å²) in [5.41, 5.74) is 1.57. The maximum atomic E-state index is 13.1. The fourth-order valence-electron chi connectivity index (χ4n) is 1.39. The molecular formula is C13H11ClFNO. The van der Waals surface area contributed by atoms with Crippen molar-refractivity contribution in [2.45, 2.75) is 12.8 Å². The van der Waals surface area contributed by atoms with E-state index in [9.17, 15) is 4.39 Å². The van der Waals surface area contributed by atoms with Crippen molar-refractivity contribution in [1.82, 2.24) is 4.98 Å². The Morgan fingerprint density at radius 2 is 2.12 bits per heavy atom. The Kier molecular flexibility index (Phi) is 3.59. The van der Waals surface area contributed by atoms with Crippen LogP contribution in [-0.4, -0.2) is 4.98 Å². The van der Waals surface area contributed by atoms with Crippen molar-refractivity contribution in [1.29, 1.82) is 0 Å². The highest BCUT2D eigenvalue weighted by Gasteiger charge is 2.04. The molecule has 2 nitrogen and oxygen atoms in total. The average Bonchev–Trinajstić information content (AvgIpc) is 2.34. The average molecular weight is 252 g/mol. The predicted molar refractivity (Wildman–Crippen MR) is 65.0 cm³/mol. The van der Waals surface area contributed by atoms with Crippen molar-refractivity contribution in [2.24, 2.45) is 0 Å². The number of rotatable bonds is 3. The number of ether oxygens (including phenoxy) is 1. The number of pyridine rings is 1. The first-order valence-corrected chi connectivity index (χ1v) is 5.68. The molecule has 0 saturated heterocycles. The van der Waals surface area contributed by atoms with Crippen LogP contribution in [0.2, 0.25) is 0 Å². The van der Waals surface area contributed by atoms with Gasteiger partial charge in [0.2, 0.25) is 5.88 Å². The lowest BCUT2D eigenvalue weighted by Gasteiger charge is -2.08. The number of hydrogen-bond acceptors (Lipinski definition) is 2. The predicted octanol–water partition coefficient (Wildman–Crippen LogP) is 4.06. The van der Waals surface area contributed by atoms with Crippen LogP contribution in [0, 0.1) is 12.7 Å². The van der Waals surface area contributed by atoms with Gasteiger partial charge >= 0.3 is 0 Å². The van der Waals surface area contributed by atoms with Gasteiger partial charge in [0.15, 0.2) is 0 Å². The third-order valence-corrected chi connectivity index (χ3v) is 2.56. The minimum atomic E-state index is -0.334. The summed E-state index contributed by atoms with van der Waals surface area (Å²) in [4.78, 5) is 4.18. The molecule has 0 bridgehead atoms. The number of aryl methyl sites for hydroxylation is 1. The molecule has 88 valence electrons. The highest BCUT2D eigenvalue weighted by Crippen LogP contribution is 2.24. The van der Waals surface area contributed by atoms with E-state index in [1.54, 1.807) is 24.3 Å². The molecule has 2 rings (SSSR count). The zero-order valence-electron chi connectivity index (χ0n) is 9.28. The van der Waals surface area contributed by atoms with Crippen LogP contribution >= 0.6 is 11.6 Å². The van der Waals surface area contributed by atoms with Crippen molar-refractivity contribution in [3.8, 4) is 11.6 Å². The third kappa shape index (κ3) is 2.94. The van der Waals surface area contributed by atoms with Gasteiger partial charge in [-0.1, -0.05) is 12.1 Å². The Morgan fingerprint density at radius 3 is 2.88 bits per heavy atom. The van der Waals surface area contributed by atoms with Gasteiger partial charge in [0.25, 0.3) is 0 Å². The summed E-state index contributed by atoms with van der Waals surface area (Å²) in [6, 6.07) is 9.71. The fourth-order valence-corrected chi connectivity index (χ4v) is 1.53. The Morgan fingerprint density at radius 1 is 1.29 bits per heavy atom. The number of benzene rings is 1. The van der Waals surface area contributed by atoms with Crippen LogP contribution in [-0.2, 0) is 5.88 Å². The Balaban J connectivity index is 2.27. The number of nitrogens with zero attached hydrogens (tertiary/aromatic N) is 1. The Hall–Kier alpha value is -1.61. The molecule has 0 saturated carbocycles. The van der Waals surface area contributed by atoms with Gasteiger partial charge in [0, 0.05) is 12.1 Å². The van der Waals surface area contributed by atoms with Crippen LogP contribution in [0.5, 0.6) is 11.6 Å². The molecule has 1 heterocycles. The van der Waals surface area contributed by atoms with E-state index in [0.29, 0.717) is 17.5 Å². The van der Waals surface area contributed by atoms with E-state index >= 15 is 0 Å². The summed E-state index contributed by atoms with van der Waals surface area (Å²) < 4.78 is 18.6. The van der Waals surface area contributed by atoms with Gasteiger partial charge in [-0.3, -0.25) is 0 Å². The monoisotopic (exact) mass is 251 g/mol. The van der Waals surface area contributed by atoms with Gasteiger partial charge < -0.3 is 4.74 Å². The lowest BCUT2D eigenvalue weighted by Crippen LogP contribution is -1.93. The molecule has 0 atom stereocenters. The SMILES string of the molecule is Cc1ccc(F)cc1Oc1cccc(CCl)n1. The summed E-state index contributed by atoms with van der Waals surface area (Å²) in [5.74, 6) is 0.861. The first-order chi connectivity index (χ1) is 8.19. The molecule has 0 unspecified atom stereocenters. The number of halogens is 2. The van der Waals surface area contributed by atoms with Gasteiger partial charge in [0.1, 0.15) is 11.6 Å². The van der Waals surface area contributed by atoms with E-state index in [1.807, 2.05) is 6.92 Å². The van der Waals surface area contributed by atoms with Crippen molar-refractivity contribution >= 4 is 11.6 Å². The fraction of sp³-hybridized carbons (Fsp3) is 0.154. The summed E-state index contributed by atoms with van der Waals surface area (Å²) >= 11 is 5.68. The normalized spacial score (nSPS) is 10.3. The van der Waals surface area contributed by atoms with Gasteiger partial charge in [-0.2, -0.15) is 0 Å². The third-order valence-electron chi connectivity index (χ3n) is 2.28. The molecule has 0 radical (unpaired) electrons. The van der Waals surface area contributed by atoms with Gasteiger partial charge in [0.05, 0.1) is 11.6 Å². The summed E-state index contributed by atoms with van der Waals surface area (Å²) in [5, 5.41) is 0. The summed E-state index contributed by atoms with van der Waals surface area (Å²) in [6.07, 6.45) is 0. The molecule has 0 aliphatic heterocycles. The van der Waals surface area contributed by atoms with Crippen LogP contribution in [0.15, 0.2) is 36.4 Å². The van der Waals surface area contributed by atoms with E-state index in [-0.39, 0.29) is 5.82 Å². The molecular weight excluding hydrogens is 241 g/mol. The summed E-state index contributed by atoms with van der Waals surface area (Å²) in [7, 11) is 0. The Bertz CT molecular complexity index is 531. The standard InChI is InChI=1S/C13H11ClFNO/c1-9-5-6-10(15)7-12(9)17-13-4-2-3-11(8-14)16-13/h2-7H,8H2,1H3. The molecule has 0 aliphatic rings. The van der Waals surface area contributed by atoms with Gasteiger partial charge in [-0.25, -0.2) is 9.37 Å². The van der Waals surface area contributed by atoms with Crippen LogP contribution in [0.4, 0.5) is 4.39 Å². The zero-order chi connectivity index (χ0) is 12.3. The molecule has 0 N–H and O–H groups in total. The van der Waals surface area contributed by atoms with Crippen LogP contribution in [0.1, 0.15) is 11.3 Å². The van der Waals surface area contributed by atoms with Crippen molar-refractivity contribution in [2.75, 3.05) is 0 Å². The number of alkyl halides is 1. The van der Waals surface area contributed by atoms with Crippen molar-refractivity contribution < 1.29 is 9.13 Å². The summed E-state index contributed by atoms with van der Waals surface area (Å²) in [6.45, 7) is 1.85. The quantitative estimate of drug-likeness (QED) is 0.768. The molecule has 0 aliphatic carbocycles. The number of aromatic nitrogens is 1. The highest BCUT2D eigenvalue weighted by atomic mass is 35.5. The highest BCUT2D eigenvalue weighted by molar-refractivity contribution is 6.16. The van der Waals surface area contributed by atoms with E-state index in [1.165, 1.54) is 12.1 Å². The number of hydrogen-bond donors (Lipinski definition) is 0. The molecule has 1 aromatic carbocycles. The van der Waals surface area contributed by atoms with Crippen LogP contribution in [0.3, 0.4) is 0 Å². The largest absolute Gasteiger partial charge is 0.439 e. The maximum absolute atomic E-state index is 13.1. The van der Waals surface area contributed by atoms with Gasteiger partial charge in [-0.05, 0) is 24.6 Å². The second-order valence-electron chi connectivity index (χ2n) is 3.61. The second kappa shape index (κ2) is 5.15. The molecule has 2 aromatic rings. The smallest absolute Gasteiger partial charge is 0.219 e. The lowest BCUT2D eigenvalue weighted by molar-refractivity contribution is 0.453. The van der Waals surface area contributed by atoms with Crippen molar-refractivity contribution in [3.05, 3.63) is 53.5 Å². The topological polar surface area (TPSA) is 22.1 Å². The minimum absolute atomic E-state index is 0.319. The zero-order valence-corrected chi connectivity index (χ0v) is 10.0. The Labute approximate surface area is 104 Å². The molecule has 4 heteroatoms. The lowest BCUT2D eigenvalue weighted by atomic mass is 10.2. The molecule has 1 aromatic heterocycles. The molecule has 0 spiro atoms. The maximum Gasteiger partial charge on any atom is 0.219 e. The van der Waals surface area contributed by atoms with E-state index in [2.05, 4.69) is 4.98 Å². The van der Waals surface area contributed by atoms with Crippen molar-refractivity contribution in [3.63, 3.8) is 0 Å². The van der Waals surface area contributed by atoms with Gasteiger partial charge in [-0.15, -0.1) is 11.6 Å². The molecule has 0 amide bonds. The molecule has 17 heavy (non-hydrogen) atoms. The second-order valence-corrected chi connectivity index (χ2v) is 3.88. The first-order valence-electron chi connectivity index (χ1n) is 5.15. The van der Waals surface area contributed by atoms with Crippen LogP contribution < -0.4 is 4.74 Å². The van der Waals surface area contributed by atoms with E-state index < -0.39 is 0 Å². The van der Waals surface area contributed by atoms with Crippen LogP contribution in [0.25, 0.3) is 0 Å².